The van der Waals surface area contributed by atoms with E-state index in [1.165, 1.54) is 0 Å². The van der Waals surface area contributed by atoms with Gasteiger partial charge in [-0.2, -0.15) is 0 Å². The van der Waals surface area contributed by atoms with E-state index in [1.54, 1.807) is 7.11 Å². The molecule has 118 valence electrons. The molecule has 0 radical (unpaired) electrons. The Morgan fingerprint density at radius 2 is 2.24 bits per heavy atom. The Kier molecular flexibility index (Phi) is 7.54. The van der Waals surface area contributed by atoms with Gasteiger partial charge in [-0.05, 0) is 36.9 Å². The third kappa shape index (κ3) is 5.56. The molecule has 2 rings (SSSR count). The van der Waals surface area contributed by atoms with Crippen molar-refractivity contribution in [2.24, 2.45) is 5.92 Å². The Morgan fingerprint density at radius 3 is 2.90 bits per heavy atom. The predicted octanol–water partition coefficient (Wildman–Crippen LogP) is 2.16. The van der Waals surface area contributed by atoms with Crippen LogP contribution in [0.3, 0.4) is 0 Å². The summed E-state index contributed by atoms with van der Waals surface area (Å²) in [5, 5.41) is 6.35. The van der Waals surface area contributed by atoms with E-state index in [9.17, 15) is 4.79 Å². The van der Waals surface area contributed by atoms with Gasteiger partial charge in [0.2, 0.25) is 5.91 Å². The second-order valence-electron chi connectivity index (χ2n) is 5.58. The van der Waals surface area contributed by atoms with Gasteiger partial charge in [0.1, 0.15) is 5.75 Å². The van der Waals surface area contributed by atoms with Crippen LogP contribution < -0.4 is 15.4 Å². The lowest BCUT2D eigenvalue weighted by Gasteiger charge is -2.16. The molecule has 1 aromatic rings. The first-order valence-corrected chi connectivity index (χ1v) is 7.31. The molecule has 4 nitrogen and oxygen atoms in total. The van der Waals surface area contributed by atoms with Crippen LogP contribution in [0.15, 0.2) is 24.3 Å². The molecule has 5 heteroatoms. The molecule has 0 bridgehead atoms. The molecule has 1 amide bonds. The summed E-state index contributed by atoms with van der Waals surface area (Å²) in [6.07, 6.45) is 2.46. The zero-order valence-electron chi connectivity index (χ0n) is 12.7. The fourth-order valence-corrected chi connectivity index (χ4v) is 2.70. The first-order valence-electron chi connectivity index (χ1n) is 7.31. The van der Waals surface area contributed by atoms with Crippen LogP contribution in [0, 0.1) is 5.92 Å². The summed E-state index contributed by atoms with van der Waals surface area (Å²) >= 11 is 0. The Labute approximate surface area is 133 Å². The van der Waals surface area contributed by atoms with E-state index >= 15 is 0 Å². The summed E-state index contributed by atoms with van der Waals surface area (Å²) in [5.74, 6) is 1.36. The lowest BCUT2D eigenvalue weighted by atomic mass is 9.97. The molecule has 2 N–H and O–H groups in total. The van der Waals surface area contributed by atoms with Crippen molar-refractivity contribution in [3.8, 4) is 5.75 Å². The standard InChI is InChI=1S/C16H24N2O2.ClH/c1-12(9-13-5-3-4-6-15(13)20-2)10-16(19)18-14-7-8-17-11-14;/h3-6,12,14,17H,7-11H2,1-2H3,(H,18,19);1H. The second-order valence-corrected chi connectivity index (χ2v) is 5.58. The van der Waals surface area contributed by atoms with Gasteiger partial charge in [-0.25, -0.2) is 0 Å². The SMILES string of the molecule is COc1ccccc1CC(C)CC(=O)NC1CCNC1.Cl. The van der Waals surface area contributed by atoms with E-state index in [0.717, 1.165) is 37.2 Å². The Hall–Kier alpha value is -1.26. The van der Waals surface area contributed by atoms with Gasteiger partial charge < -0.3 is 15.4 Å². The number of methoxy groups -OCH3 is 1. The number of ether oxygens (including phenoxy) is 1. The van der Waals surface area contributed by atoms with Crippen molar-refractivity contribution in [3.63, 3.8) is 0 Å². The monoisotopic (exact) mass is 312 g/mol. The molecule has 1 aliphatic heterocycles. The number of carbonyl (C=O) groups excluding carboxylic acids is 1. The Balaban J connectivity index is 0.00000220. The first kappa shape index (κ1) is 17.8. The maximum atomic E-state index is 12.0. The van der Waals surface area contributed by atoms with E-state index in [1.807, 2.05) is 18.2 Å². The van der Waals surface area contributed by atoms with Crippen molar-refractivity contribution in [1.82, 2.24) is 10.6 Å². The highest BCUT2D eigenvalue weighted by Crippen LogP contribution is 2.22. The number of amides is 1. The van der Waals surface area contributed by atoms with Gasteiger partial charge in [-0.15, -0.1) is 12.4 Å². The van der Waals surface area contributed by atoms with Crippen molar-refractivity contribution in [2.75, 3.05) is 20.2 Å². The molecule has 0 spiro atoms. The molecular formula is C16H25ClN2O2. The fourth-order valence-electron chi connectivity index (χ4n) is 2.70. The minimum atomic E-state index is 0. The molecular weight excluding hydrogens is 288 g/mol. The van der Waals surface area contributed by atoms with Crippen molar-refractivity contribution in [2.45, 2.75) is 32.2 Å². The number of hydrogen-bond donors (Lipinski definition) is 2. The van der Waals surface area contributed by atoms with E-state index in [4.69, 9.17) is 4.74 Å². The molecule has 2 atom stereocenters. The van der Waals surface area contributed by atoms with E-state index < -0.39 is 0 Å². The number of nitrogens with one attached hydrogen (secondary N) is 2. The molecule has 1 saturated heterocycles. The number of carbonyl (C=O) groups is 1. The number of para-hydroxylation sites is 1. The zero-order valence-corrected chi connectivity index (χ0v) is 13.5. The molecule has 2 unspecified atom stereocenters. The smallest absolute Gasteiger partial charge is 0.220 e. The molecule has 1 heterocycles. The van der Waals surface area contributed by atoms with E-state index in [0.29, 0.717) is 18.4 Å². The number of benzene rings is 1. The molecule has 1 fully saturated rings. The highest BCUT2D eigenvalue weighted by atomic mass is 35.5. The lowest BCUT2D eigenvalue weighted by Crippen LogP contribution is -2.37. The number of halogens is 1. The normalized spacial score (nSPS) is 18.7. The lowest BCUT2D eigenvalue weighted by molar-refractivity contribution is -0.122. The third-order valence-corrected chi connectivity index (χ3v) is 3.72. The van der Waals surface area contributed by atoms with Crippen LogP contribution in [0.4, 0.5) is 0 Å². The van der Waals surface area contributed by atoms with Crippen molar-refractivity contribution >= 4 is 18.3 Å². The molecule has 0 aromatic heterocycles. The second kappa shape index (κ2) is 8.90. The van der Waals surface area contributed by atoms with Crippen molar-refractivity contribution < 1.29 is 9.53 Å². The number of hydrogen-bond acceptors (Lipinski definition) is 3. The van der Waals surface area contributed by atoms with Gasteiger partial charge in [0.05, 0.1) is 7.11 Å². The van der Waals surface area contributed by atoms with Gasteiger partial charge in [0.15, 0.2) is 0 Å². The summed E-state index contributed by atoms with van der Waals surface area (Å²) in [4.78, 5) is 12.0. The highest BCUT2D eigenvalue weighted by molar-refractivity contribution is 5.85. The maximum Gasteiger partial charge on any atom is 0.220 e. The summed E-state index contributed by atoms with van der Waals surface area (Å²) < 4.78 is 5.35. The van der Waals surface area contributed by atoms with Crippen molar-refractivity contribution in [1.29, 1.82) is 0 Å². The van der Waals surface area contributed by atoms with Gasteiger partial charge in [0.25, 0.3) is 0 Å². The van der Waals surface area contributed by atoms with Gasteiger partial charge >= 0.3 is 0 Å². The molecule has 0 aliphatic carbocycles. The predicted molar refractivity (Wildman–Crippen MR) is 87.1 cm³/mol. The summed E-state index contributed by atoms with van der Waals surface area (Å²) in [6, 6.07) is 8.31. The van der Waals surface area contributed by atoms with Crippen LogP contribution in [0.5, 0.6) is 5.75 Å². The molecule has 0 saturated carbocycles. The van der Waals surface area contributed by atoms with E-state index in [-0.39, 0.29) is 18.3 Å². The quantitative estimate of drug-likeness (QED) is 0.846. The van der Waals surface area contributed by atoms with Gasteiger partial charge in [0, 0.05) is 19.0 Å². The number of rotatable bonds is 6. The minimum Gasteiger partial charge on any atom is -0.496 e. The van der Waals surface area contributed by atoms with Crippen molar-refractivity contribution in [3.05, 3.63) is 29.8 Å². The summed E-state index contributed by atoms with van der Waals surface area (Å²) in [7, 11) is 1.68. The molecule has 21 heavy (non-hydrogen) atoms. The first-order chi connectivity index (χ1) is 9.69. The Bertz CT molecular complexity index is 448. The zero-order chi connectivity index (χ0) is 14.4. The molecule has 1 aromatic carbocycles. The van der Waals surface area contributed by atoms with Crippen LogP contribution >= 0.6 is 12.4 Å². The third-order valence-electron chi connectivity index (χ3n) is 3.72. The van der Waals surface area contributed by atoms with Crippen LogP contribution in [0.25, 0.3) is 0 Å². The molecule has 1 aliphatic rings. The average Bonchev–Trinajstić information content (AvgIpc) is 2.91. The van der Waals surface area contributed by atoms with Crippen LogP contribution in [-0.2, 0) is 11.2 Å². The maximum absolute atomic E-state index is 12.0. The van der Waals surface area contributed by atoms with E-state index in [2.05, 4.69) is 23.6 Å². The summed E-state index contributed by atoms with van der Waals surface area (Å²) in [6.45, 7) is 4.01. The van der Waals surface area contributed by atoms with Crippen LogP contribution in [0.1, 0.15) is 25.3 Å². The van der Waals surface area contributed by atoms with Gasteiger partial charge in [-0.1, -0.05) is 25.1 Å². The highest BCUT2D eigenvalue weighted by Gasteiger charge is 2.18. The fraction of sp³-hybridized carbons (Fsp3) is 0.562. The van der Waals surface area contributed by atoms with Crippen LogP contribution in [0.2, 0.25) is 0 Å². The largest absolute Gasteiger partial charge is 0.496 e. The van der Waals surface area contributed by atoms with Crippen LogP contribution in [-0.4, -0.2) is 32.1 Å². The minimum absolute atomic E-state index is 0. The average molecular weight is 313 g/mol. The topological polar surface area (TPSA) is 50.4 Å². The Morgan fingerprint density at radius 1 is 1.48 bits per heavy atom. The summed E-state index contributed by atoms with van der Waals surface area (Å²) in [5.41, 5.74) is 1.16. The van der Waals surface area contributed by atoms with Gasteiger partial charge in [-0.3, -0.25) is 4.79 Å².